The summed E-state index contributed by atoms with van der Waals surface area (Å²) in [5, 5.41) is 0. The first kappa shape index (κ1) is 15.0. The van der Waals surface area contributed by atoms with E-state index in [4.69, 9.17) is 0 Å². The summed E-state index contributed by atoms with van der Waals surface area (Å²) in [6.45, 7) is 3.95. The molecule has 1 aliphatic heterocycles. The van der Waals surface area contributed by atoms with Crippen LogP contribution in [0.2, 0.25) is 0 Å². The first-order valence-corrected chi connectivity index (χ1v) is 6.90. The minimum Gasteiger partial charge on any atom is -0.332 e. The van der Waals surface area contributed by atoms with Crippen molar-refractivity contribution in [2.75, 3.05) is 19.6 Å². The average molecular weight is 286 g/mol. The Bertz CT molecular complexity index is 554. The summed E-state index contributed by atoms with van der Waals surface area (Å²) < 4.78 is 0. The molecule has 110 valence electrons. The molecule has 5 nitrogen and oxygen atoms in total. The van der Waals surface area contributed by atoms with Gasteiger partial charge in [-0.3, -0.25) is 19.3 Å². The van der Waals surface area contributed by atoms with Gasteiger partial charge in [0.25, 0.3) is 5.91 Å². The number of imide groups is 1. The third-order valence-corrected chi connectivity index (χ3v) is 3.48. The third kappa shape index (κ3) is 3.78. The van der Waals surface area contributed by atoms with Crippen LogP contribution >= 0.6 is 0 Å². The molecule has 2 rings (SSSR count). The fraction of sp³-hybridized carbons (Fsp3) is 0.312. The van der Waals surface area contributed by atoms with Gasteiger partial charge in [-0.25, -0.2) is 0 Å². The number of benzene rings is 1. The Kier molecular flexibility index (Phi) is 4.87. The molecule has 0 aromatic heterocycles. The minimum atomic E-state index is -0.406. The van der Waals surface area contributed by atoms with Crippen LogP contribution in [0.3, 0.4) is 0 Å². The van der Waals surface area contributed by atoms with Crippen LogP contribution in [0, 0.1) is 0 Å². The first-order valence-electron chi connectivity index (χ1n) is 6.90. The third-order valence-electron chi connectivity index (χ3n) is 3.48. The van der Waals surface area contributed by atoms with E-state index in [9.17, 15) is 14.4 Å². The van der Waals surface area contributed by atoms with Crippen LogP contribution in [0.5, 0.6) is 0 Å². The van der Waals surface area contributed by atoms with Crippen molar-refractivity contribution in [3.8, 4) is 0 Å². The van der Waals surface area contributed by atoms with Crippen molar-refractivity contribution in [3.05, 3.63) is 48.6 Å². The van der Waals surface area contributed by atoms with Crippen molar-refractivity contribution in [1.82, 2.24) is 9.80 Å². The normalized spacial score (nSPS) is 15.0. The van der Waals surface area contributed by atoms with E-state index in [-0.39, 0.29) is 24.9 Å². The number of aryl methyl sites for hydroxylation is 1. The van der Waals surface area contributed by atoms with Crippen LogP contribution in [0.1, 0.15) is 12.0 Å². The molecule has 1 heterocycles. The maximum Gasteiger partial charge on any atom is 0.252 e. The molecule has 0 bridgehead atoms. The van der Waals surface area contributed by atoms with Gasteiger partial charge < -0.3 is 4.90 Å². The molecule has 0 atom stereocenters. The Morgan fingerprint density at radius 2 is 1.90 bits per heavy atom. The van der Waals surface area contributed by atoms with E-state index in [1.807, 2.05) is 30.3 Å². The van der Waals surface area contributed by atoms with E-state index in [0.717, 1.165) is 16.5 Å². The molecule has 1 aromatic rings. The summed E-state index contributed by atoms with van der Waals surface area (Å²) in [7, 11) is 0. The molecule has 0 N–H and O–H groups in total. The van der Waals surface area contributed by atoms with Gasteiger partial charge in [0.05, 0.1) is 0 Å². The van der Waals surface area contributed by atoms with Crippen molar-refractivity contribution in [1.29, 1.82) is 0 Å². The summed E-state index contributed by atoms with van der Waals surface area (Å²) >= 11 is 0. The average Bonchev–Trinajstić information content (AvgIpc) is 2.52. The predicted octanol–water partition coefficient (Wildman–Crippen LogP) is 1.00. The smallest absolute Gasteiger partial charge is 0.252 e. The highest BCUT2D eigenvalue weighted by Gasteiger charge is 2.29. The summed E-state index contributed by atoms with van der Waals surface area (Å²) in [5.74, 6) is -0.812. The zero-order valence-electron chi connectivity index (χ0n) is 11.8. The number of amides is 3. The molecule has 1 fully saturated rings. The second kappa shape index (κ2) is 6.83. The molecular formula is C16H18N2O3. The van der Waals surface area contributed by atoms with Gasteiger partial charge in [0.15, 0.2) is 0 Å². The Morgan fingerprint density at radius 3 is 2.52 bits per heavy atom. The molecule has 5 heteroatoms. The van der Waals surface area contributed by atoms with Crippen molar-refractivity contribution in [2.24, 2.45) is 0 Å². The van der Waals surface area contributed by atoms with Gasteiger partial charge in [-0.1, -0.05) is 36.9 Å². The quantitative estimate of drug-likeness (QED) is 0.776. The lowest BCUT2D eigenvalue weighted by Crippen LogP contribution is -2.53. The number of rotatable bonds is 4. The number of hydrogen-bond acceptors (Lipinski definition) is 3. The number of hydrogen-bond donors (Lipinski definition) is 0. The van der Waals surface area contributed by atoms with Crippen molar-refractivity contribution in [2.45, 2.75) is 12.8 Å². The van der Waals surface area contributed by atoms with Crippen LogP contribution in [0.4, 0.5) is 0 Å². The summed E-state index contributed by atoms with van der Waals surface area (Å²) in [6.07, 6.45) is 2.14. The lowest BCUT2D eigenvalue weighted by Gasteiger charge is -2.32. The van der Waals surface area contributed by atoms with Crippen molar-refractivity contribution < 1.29 is 14.4 Å². The van der Waals surface area contributed by atoms with Crippen LogP contribution in [-0.4, -0.2) is 47.2 Å². The lowest BCUT2D eigenvalue weighted by molar-refractivity contribution is -0.151. The zero-order valence-corrected chi connectivity index (χ0v) is 11.8. The Hall–Kier alpha value is -2.43. The van der Waals surface area contributed by atoms with E-state index in [2.05, 4.69) is 6.58 Å². The second-order valence-corrected chi connectivity index (χ2v) is 4.89. The van der Waals surface area contributed by atoms with E-state index in [1.165, 1.54) is 4.90 Å². The highest BCUT2D eigenvalue weighted by Crippen LogP contribution is 2.09. The van der Waals surface area contributed by atoms with E-state index >= 15 is 0 Å². The molecule has 1 aromatic carbocycles. The molecule has 3 amide bonds. The van der Waals surface area contributed by atoms with Crippen molar-refractivity contribution >= 4 is 17.7 Å². The number of carbonyl (C=O) groups excluding carboxylic acids is 3. The second-order valence-electron chi connectivity index (χ2n) is 4.89. The van der Waals surface area contributed by atoms with Gasteiger partial charge in [0, 0.05) is 19.5 Å². The van der Waals surface area contributed by atoms with Gasteiger partial charge in [-0.05, 0) is 18.1 Å². The van der Waals surface area contributed by atoms with Gasteiger partial charge in [-0.15, -0.1) is 0 Å². The van der Waals surface area contributed by atoms with Gasteiger partial charge in [-0.2, -0.15) is 0 Å². The highest BCUT2D eigenvalue weighted by atomic mass is 16.2. The van der Waals surface area contributed by atoms with E-state index in [1.54, 1.807) is 0 Å². The molecule has 1 saturated heterocycles. The van der Waals surface area contributed by atoms with Gasteiger partial charge in [0.1, 0.15) is 6.54 Å². The summed E-state index contributed by atoms with van der Waals surface area (Å²) in [5.41, 5.74) is 1.10. The standard InChI is InChI=1S/C16H18N2O3/c1-2-14(19)18-11-10-17(12-16(18)21)15(20)9-8-13-6-4-3-5-7-13/h2-7H,1,8-12H2. The molecule has 0 unspecified atom stereocenters. The molecule has 1 aliphatic rings. The van der Waals surface area contributed by atoms with Crippen LogP contribution in [0.25, 0.3) is 0 Å². The largest absolute Gasteiger partial charge is 0.332 e. The van der Waals surface area contributed by atoms with E-state index in [0.29, 0.717) is 19.4 Å². The fourth-order valence-electron chi connectivity index (χ4n) is 2.28. The first-order chi connectivity index (χ1) is 10.1. The summed E-state index contributed by atoms with van der Waals surface area (Å²) in [6, 6.07) is 9.74. The van der Waals surface area contributed by atoms with Crippen LogP contribution in [-0.2, 0) is 20.8 Å². The van der Waals surface area contributed by atoms with Gasteiger partial charge in [0.2, 0.25) is 11.8 Å². The Morgan fingerprint density at radius 1 is 1.19 bits per heavy atom. The molecule has 0 radical (unpaired) electrons. The Labute approximate surface area is 123 Å². The molecule has 0 saturated carbocycles. The van der Waals surface area contributed by atoms with Crippen molar-refractivity contribution in [3.63, 3.8) is 0 Å². The Balaban J connectivity index is 1.86. The number of carbonyl (C=O) groups is 3. The predicted molar refractivity (Wildman–Crippen MR) is 78.3 cm³/mol. The van der Waals surface area contributed by atoms with Gasteiger partial charge >= 0.3 is 0 Å². The highest BCUT2D eigenvalue weighted by molar-refractivity contribution is 6.02. The summed E-state index contributed by atoms with van der Waals surface area (Å²) in [4.78, 5) is 38.1. The van der Waals surface area contributed by atoms with Crippen LogP contribution in [0.15, 0.2) is 43.0 Å². The molecule has 0 spiro atoms. The molecule has 21 heavy (non-hydrogen) atoms. The topological polar surface area (TPSA) is 57.7 Å². The molecule has 0 aliphatic carbocycles. The zero-order chi connectivity index (χ0) is 15.2. The number of nitrogens with zero attached hydrogens (tertiary/aromatic N) is 2. The lowest BCUT2D eigenvalue weighted by atomic mass is 10.1. The monoisotopic (exact) mass is 286 g/mol. The fourth-order valence-corrected chi connectivity index (χ4v) is 2.28. The molecular weight excluding hydrogens is 268 g/mol. The van der Waals surface area contributed by atoms with Crippen LogP contribution < -0.4 is 0 Å². The number of piperazine rings is 1. The van der Waals surface area contributed by atoms with E-state index < -0.39 is 5.91 Å². The maximum atomic E-state index is 12.1. The minimum absolute atomic E-state index is 0.0345. The maximum absolute atomic E-state index is 12.1. The SMILES string of the molecule is C=CC(=O)N1CCN(C(=O)CCc2ccccc2)CC1=O.